The van der Waals surface area contributed by atoms with Gasteiger partial charge in [-0.1, -0.05) is 71.6 Å². The molecule has 1 aliphatic rings. The number of unbranched alkanes of at least 4 members (excludes halogenated alkanes) is 4. The van der Waals surface area contributed by atoms with Gasteiger partial charge < -0.3 is 15.6 Å². The van der Waals surface area contributed by atoms with Crippen molar-refractivity contribution in [2.45, 2.75) is 90.3 Å². The number of amides is 1. The Bertz CT molecular complexity index is 1920. The van der Waals surface area contributed by atoms with E-state index in [1.54, 1.807) is 42.5 Å². The number of carbonyl (C=O) groups excluding carboxylic acids is 1. The third-order valence-electron chi connectivity index (χ3n) is 9.40. The lowest BCUT2D eigenvalue weighted by Gasteiger charge is -2.39. The van der Waals surface area contributed by atoms with Crippen LogP contribution in [0.25, 0.3) is 22.3 Å². The number of hydrogen-bond acceptors (Lipinski definition) is 8. The summed E-state index contributed by atoms with van der Waals surface area (Å²) in [6.07, 6.45) is 10.2. The Hall–Kier alpha value is -4.68. The number of aromatic nitrogens is 2. The molecule has 0 bridgehead atoms. The van der Waals surface area contributed by atoms with E-state index >= 15 is 0 Å². The molecule has 1 aliphatic heterocycles. The Morgan fingerprint density at radius 2 is 1.53 bits per heavy atom. The average molecular weight is 782 g/mol. The van der Waals surface area contributed by atoms with Gasteiger partial charge in [0, 0.05) is 41.6 Å². The van der Waals surface area contributed by atoms with Crippen LogP contribution in [-0.4, -0.2) is 63.6 Å². The largest absolute Gasteiger partial charge is 0.351 e. The summed E-state index contributed by atoms with van der Waals surface area (Å²) in [6.45, 7) is 7.03. The van der Waals surface area contributed by atoms with Crippen LogP contribution >= 0.6 is 15.9 Å². The fraction of sp³-hybridized carbons (Fsp3) is 0.429. The molecule has 1 aromatic heterocycles. The number of para-hydroxylation sites is 2. The fourth-order valence-corrected chi connectivity index (χ4v) is 6.95. The number of fused-ring (bicyclic) bond motifs is 1. The maximum Gasteiger partial charge on any atom is 0.277 e. The number of nitriles is 2. The van der Waals surface area contributed by atoms with E-state index in [-0.39, 0.29) is 17.2 Å². The number of likely N-dealkylation sites (tertiary alicyclic amines) is 1. The molecule has 1 saturated heterocycles. The molecule has 2 heterocycles. The molecule has 10 nitrogen and oxygen atoms in total. The minimum absolute atomic E-state index is 0.0851. The van der Waals surface area contributed by atoms with Gasteiger partial charge >= 0.3 is 0 Å². The lowest BCUT2D eigenvalue weighted by Crippen LogP contribution is -2.44. The van der Waals surface area contributed by atoms with Crippen molar-refractivity contribution < 1.29 is 4.79 Å². The zero-order valence-corrected chi connectivity index (χ0v) is 32.9. The van der Waals surface area contributed by atoms with Gasteiger partial charge in [-0.15, -0.1) is 0 Å². The fourth-order valence-electron chi connectivity index (χ4n) is 6.56. The summed E-state index contributed by atoms with van der Waals surface area (Å²) < 4.78 is 1.81. The van der Waals surface area contributed by atoms with Gasteiger partial charge in [-0.25, -0.2) is 4.98 Å². The molecule has 5 rings (SSSR count). The van der Waals surface area contributed by atoms with Crippen LogP contribution < -0.4 is 16.6 Å². The van der Waals surface area contributed by atoms with Crippen LogP contribution in [0.15, 0.2) is 77.6 Å². The number of rotatable bonds is 14. The van der Waals surface area contributed by atoms with E-state index in [9.17, 15) is 9.59 Å². The molecule has 11 heteroatoms. The highest BCUT2D eigenvalue weighted by atomic mass is 79.9. The summed E-state index contributed by atoms with van der Waals surface area (Å²) in [6, 6.07) is 26.9. The SMILES string of the molecule is CC1CCCC(C)N1CCCCCNC(=O)C(=N)c1cccc(C#N)c1.CN.N#Cc1cccc(-c2nc3ccccc3n(CCCCCBr)c2=O)c1. The number of halogens is 1. The van der Waals surface area contributed by atoms with Crippen LogP contribution in [0.4, 0.5) is 0 Å². The van der Waals surface area contributed by atoms with Crippen LogP contribution in [-0.2, 0) is 11.3 Å². The summed E-state index contributed by atoms with van der Waals surface area (Å²) in [5, 5.41) is 29.8. The molecule has 0 spiro atoms. The van der Waals surface area contributed by atoms with Gasteiger partial charge in [0.1, 0.15) is 11.4 Å². The first-order valence-electron chi connectivity index (χ1n) is 18.5. The number of carbonyl (C=O) groups is 1. The Kier molecular flexibility index (Phi) is 18.6. The van der Waals surface area contributed by atoms with Crippen LogP contribution in [0.5, 0.6) is 0 Å². The third-order valence-corrected chi connectivity index (χ3v) is 9.96. The molecule has 3 aromatic carbocycles. The van der Waals surface area contributed by atoms with Gasteiger partial charge in [-0.05, 0) is 102 Å². The van der Waals surface area contributed by atoms with Gasteiger partial charge in [-0.3, -0.25) is 19.9 Å². The van der Waals surface area contributed by atoms with E-state index in [0.717, 1.165) is 61.4 Å². The number of nitrogens with one attached hydrogen (secondary N) is 2. The zero-order chi connectivity index (χ0) is 38.6. The molecule has 0 radical (unpaired) electrons. The van der Waals surface area contributed by atoms with E-state index in [0.29, 0.717) is 53.1 Å². The Balaban J connectivity index is 0.000000273. The number of piperidine rings is 1. The lowest BCUT2D eigenvalue weighted by molar-refractivity contribution is -0.114. The number of aryl methyl sites for hydroxylation is 1. The second kappa shape index (κ2) is 23.1. The minimum Gasteiger partial charge on any atom is -0.351 e. The predicted octanol–water partition coefficient (Wildman–Crippen LogP) is 7.55. The number of alkyl halides is 1. The van der Waals surface area contributed by atoms with Gasteiger partial charge in [0.2, 0.25) is 0 Å². The van der Waals surface area contributed by atoms with E-state index in [2.05, 4.69) is 56.8 Å². The standard InChI is InChI=1S/C21H30N4O.C20H18BrN3O.CH5N/c1-16-8-6-9-17(2)25(16)13-5-3-4-12-24-21(26)20(23)19-11-7-10-18(14-19)15-22;21-11-4-1-5-12-24-18-10-3-2-9-17(18)23-19(20(24)25)16-8-6-7-15(13-16)14-22;1-2/h7,10-11,14,16-17,23H,3-6,8-9,12-13H2,1-2H3,(H,24,26);2-3,6-10,13H,1,4-5,11-12H2;2H2,1H3. The summed E-state index contributed by atoms with van der Waals surface area (Å²) in [5.74, 6) is -0.377. The van der Waals surface area contributed by atoms with Crippen LogP contribution in [0.2, 0.25) is 0 Å². The molecule has 4 aromatic rings. The normalized spacial score (nSPS) is 15.2. The van der Waals surface area contributed by atoms with Crippen molar-refractivity contribution in [1.82, 2.24) is 19.8 Å². The molecule has 4 N–H and O–H groups in total. The molecular weight excluding hydrogens is 728 g/mol. The van der Waals surface area contributed by atoms with E-state index in [4.69, 9.17) is 15.9 Å². The number of nitrogens with zero attached hydrogens (tertiary/aromatic N) is 5. The van der Waals surface area contributed by atoms with Gasteiger partial charge in [0.25, 0.3) is 11.5 Å². The predicted molar refractivity (Wildman–Crippen MR) is 218 cm³/mol. The molecule has 1 fully saturated rings. The summed E-state index contributed by atoms with van der Waals surface area (Å²) in [4.78, 5) is 32.3. The van der Waals surface area contributed by atoms with Crippen LogP contribution in [0.1, 0.15) is 88.3 Å². The monoisotopic (exact) mass is 780 g/mol. The van der Waals surface area contributed by atoms with E-state index < -0.39 is 0 Å². The number of benzene rings is 3. The highest BCUT2D eigenvalue weighted by Gasteiger charge is 2.23. The zero-order valence-electron chi connectivity index (χ0n) is 31.3. The maximum atomic E-state index is 13.1. The van der Waals surface area contributed by atoms with Crippen molar-refractivity contribution in [3.05, 3.63) is 99.8 Å². The van der Waals surface area contributed by atoms with Crippen molar-refractivity contribution >= 4 is 38.6 Å². The second-order valence-corrected chi connectivity index (χ2v) is 13.9. The van der Waals surface area contributed by atoms with E-state index in [1.807, 2.05) is 41.0 Å². The minimum atomic E-state index is -0.377. The Labute approximate surface area is 322 Å². The van der Waals surface area contributed by atoms with Crippen molar-refractivity contribution in [2.75, 3.05) is 25.5 Å². The van der Waals surface area contributed by atoms with Gasteiger partial charge in [0.15, 0.2) is 0 Å². The summed E-state index contributed by atoms with van der Waals surface area (Å²) in [7, 11) is 1.50. The summed E-state index contributed by atoms with van der Waals surface area (Å²) in [5.41, 5.74) is 8.50. The topological polar surface area (TPSA) is 165 Å². The summed E-state index contributed by atoms with van der Waals surface area (Å²) >= 11 is 3.44. The molecule has 0 aliphatic carbocycles. The van der Waals surface area contributed by atoms with Crippen molar-refractivity contribution in [2.24, 2.45) is 5.73 Å². The Morgan fingerprint density at radius 3 is 2.23 bits per heavy atom. The Morgan fingerprint density at radius 1 is 0.887 bits per heavy atom. The number of nitrogens with two attached hydrogens (primary N) is 1. The van der Waals surface area contributed by atoms with Crippen molar-refractivity contribution in [3.63, 3.8) is 0 Å². The van der Waals surface area contributed by atoms with Crippen molar-refractivity contribution in [1.29, 1.82) is 15.9 Å². The lowest BCUT2D eigenvalue weighted by atomic mass is 9.97. The molecule has 2 unspecified atom stereocenters. The van der Waals surface area contributed by atoms with Crippen LogP contribution in [0.3, 0.4) is 0 Å². The molecular formula is C42H53BrN8O2. The second-order valence-electron chi connectivity index (χ2n) is 13.1. The van der Waals surface area contributed by atoms with E-state index in [1.165, 1.54) is 26.3 Å². The van der Waals surface area contributed by atoms with Gasteiger partial charge in [-0.2, -0.15) is 10.5 Å². The molecule has 0 saturated carbocycles. The average Bonchev–Trinajstić information content (AvgIpc) is 3.20. The quantitative estimate of drug-likeness (QED) is 0.0675. The first-order chi connectivity index (χ1) is 25.8. The molecule has 53 heavy (non-hydrogen) atoms. The molecule has 280 valence electrons. The number of hydrogen-bond donors (Lipinski definition) is 3. The smallest absolute Gasteiger partial charge is 0.277 e. The highest BCUT2D eigenvalue weighted by molar-refractivity contribution is 9.09. The highest BCUT2D eigenvalue weighted by Crippen LogP contribution is 2.23. The van der Waals surface area contributed by atoms with Crippen LogP contribution in [0, 0.1) is 28.1 Å². The first-order valence-corrected chi connectivity index (χ1v) is 19.7. The van der Waals surface area contributed by atoms with Gasteiger partial charge in [0.05, 0.1) is 34.3 Å². The van der Waals surface area contributed by atoms with Crippen molar-refractivity contribution in [3.8, 4) is 23.4 Å². The molecule has 1 amide bonds. The third kappa shape index (κ3) is 12.7. The molecule has 2 atom stereocenters. The maximum absolute atomic E-state index is 13.1. The first kappa shape index (κ1) is 42.7.